The monoisotopic (exact) mass is 338 g/mol. The van der Waals surface area contributed by atoms with Gasteiger partial charge in [-0.2, -0.15) is 5.26 Å². The molecular weight excluding hydrogens is 329 g/mol. The number of hydrogen-bond donors (Lipinski definition) is 1. The van der Waals surface area contributed by atoms with Crippen LogP contribution >= 0.6 is 11.8 Å². The van der Waals surface area contributed by atoms with E-state index in [2.05, 4.69) is 9.97 Å². The van der Waals surface area contributed by atoms with E-state index in [4.69, 9.17) is 11.0 Å². The molecular formula is C14H9F3N4OS. The number of nitrogens with zero attached hydrogens (tertiary/aromatic N) is 3. The molecule has 5 nitrogen and oxygen atoms in total. The van der Waals surface area contributed by atoms with Gasteiger partial charge in [-0.3, -0.25) is 4.79 Å². The molecule has 0 saturated carbocycles. The quantitative estimate of drug-likeness (QED) is 0.523. The molecule has 1 aromatic heterocycles. The van der Waals surface area contributed by atoms with Crippen LogP contribution in [0.25, 0.3) is 0 Å². The van der Waals surface area contributed by atoms with Crippen LogP contribution in [-0.4, -0.2) is 21.0 Å². The molecule has 2 N–H and O–H groups in total. The number of halogens is 3. The first kappa shape index (κ1) is 16.8. The van der Waals surface area contributed by atoms with Gasteiger partial charge in [-0.1, -0.05) is 11.8 Å². The smallest absolute Gasteiger partial charge is 0.190 e. The maximum Gasteiger partial charge on any atom is 0.190 e. The van der Waals surface area contributed by atoms with Crippen molar-refractivity contribution in [2.24, 2.45) is 0 Å². The molecule has 0 spiro atoms. The van der Waals surface area contributed by atoms with E-state index in [0.717, 1.165) is 11.8 Å². The van der Waals surface area contributed by atoms with Gasteiger partial charge in [0.2, 0.25) is 0 Å². The highest BCUT2D eigenvalue weighted by Crippen LogP contribution is 2.26. The number of nitrogen functional groups attached to an aromatic ring is 1. The number of anilines is 1. The number of carbonyl (C=O) groups is 1. The Morgan fingerprint density at radius 3 is 2.48 bits per heavy atom. The zero-order valence-electron chi connectivity index (χ0n) is 11.7. The molecule has 0 radical (unpaired) electrons. The number of rotatable bonds is 4. The van der Waals surface area contributed by atoms with E-state index in [0.29, 0.717) is 12.1 Å². The number of aromatic nitrogens is 2. The molecule has 0 fully saturated rings. The highest BCUT2D eigenvalue weighted by Gasteiger charge is 2.25. The first-order valence-electron chi connectivity index (χ1n) is 6.21. The minimum absolute atomic E-state index is 0.0659. The van der Waals surface area contributed by atoms with Crippen molar-refractivity contribution in [3.8, 4) is 6.07 Å². The van der Waals surface area contributed by atoms with Gasteiger partial charge in [0.05, 0.1) is 17.0 Å². The lowest BCUT2D eigenvalue weighted by atomic mass is 10.1. The Kier molecular flexibility index (Phi) is 4.86. The van der Waals surface area contributed by atoms with Gasteiger partial charge in [0.25, 0.3) is 0 Å². The topological polar surface area (TPSA) is 92.7 Å². The van der Waals surface area contributed by atoms with Crippen LogP contribution in [0.3, 0.4) is 0 Å². The number of nitrogens with two attached hydrogens (primary N) is 1. The maximum atomic E-state index is 13.6. The van der Waals surface area contributed by atoms with Gasteiger partial charge in [-0.05, 0) is 6.92 Å². The summed E-state index contributed by atoms with van der Waals surface area (Å²) < 4.78 is 40.1. The standard InChI is InChI=1S/C14H9F3N4OS/c1-6(23-14-20-5-7(4-18)13(19)21-14)12(22)11-9(16)2-8(15)3-10(11)17/h2-3,5-6H,1H3,(H2,19,20,21). The summed E-state index contributed by atoms with van der Waals surface area (Å²) in [5.41, 5.74) is 4.77. The Labute approximate surface area is 133 Å². The van der Waals surface area contributed by atoms with E-state index < -0.39 is 34.0 Å². The highest BCUT2D eigenvalue weighted by atomic mass is 32.2. The van der Waals surface area contributed by atoms with Gasteiger partial charge in [0.1, 0.15) is 34.9 Å². The van der Waals surface area contributed by atoms with Gasteiger partial charge < -0.3 is 5.73 Å². The van der Waals surface area contributed by atoms with Crippen LogP contribution in [0.5, 0.6) is 0 Å². The van der Waals surface area contributed by atoms with Crippen LogP contribution < -0.4 is 5.73 Å². The molecule has 0 saturated heterocycles. The molecule has 0 aliphatic heterocycles. The minimum Gasteiger partial charge on any atom is -0.382 e. The van der Waals surface area contributed by atoms with Gasteiger partial charge in [-0.25, -0.2) is 23.1 Å². The molecule has 0 aliphatic rings. The first-order chi connectivity index (χ1) is 10.8. The number of carbonyl (C=O) groups excluding carboxylic acids is 1. The van der Waals surface area contributed by atoms with Crippen LogP contribution in [-0.2, 0) is 0 Å². The lowest BCUT2D eigenvalue weighted by molar-refractivity contribution is 0.0985. The number of thioether (sulfide) groups is 1. The third-order valence-corrected chi connectivity index (χ3v) is 3.80. The summed E-state index contributed by atoms with van der Waals surface area (Å²) in [6.45, 7) is 1.40. The Morgan fingerprint density at radius 1 is 1.35 bits per heavy atom. The number of ketones is 1. The number of benzene rings is 1. The molecule has 118 valence electrons. The fourth-order valence-corrected chi connectivity index (χ4v) is 2.52. The van der Waals surface area contributed by atoms with Gasteiger partial charge in [-0.15, -0.1) is 0 Å². The fraction of sp³-hybridized carbons (Fsp3) is 0.143. The highest BCUT2D eigenvalue weighted by molar-refractivity contribution is 8.00. The van der Waals surface area contributed by atoms with Crippen molar-refractivity contribution >= 4 is 23.4 Å². The van der Waals surface area contributed by atoms with Crippen LogP contribution in [0.1, 0.15) is 22.8 Å². The van der Waals surface area contributed by atoms with Gasteiger partial charge in [0, 0.05) is 12.1 Å². The summed E-state index contributed by atoms with van der Waals surface area (Å²) in [6.07, 6.45) is 1.18. The molecule has 1 aromatic carbocycles. The van der Waals surface area contributed by atoms with Crippen LogP contribution in [0, 0.1) is 28.8 Å². The average Bonchev–Trinajstić information content (AvgIpc) is 2.46. The number of Topliss-reactive ketones (excluding diaryl/α,β-unsaturated/α-hetero) is 1. The normalized spacial score (nSPS) is 11.8. The van der Waals surface area contributed by atoms with E-state index in [-0.39, 0.29) is 16.5 Å². The minimum atomic E-state index is -1.28. The van der Waals surface area contributed by atoms with E-state index in [1.165, 1.54) is 13.1 Å². The third kappa shape index (κ3) is 3.60. The zero-order chi connectivity index (χ0) is 17.1. The predicted octanol–water partition coefficient (Wildman–Crippen LogP) is 2.71. The molecule has 9 heteroatoms. The zero-order valence-corrected chi connectivity index (χ0v) is 12.5. The van der Waals surface area contributed by atoms with Crippen LogP contribution in [0.4, 0.5) is 19.0 Å². The molecule has 0 aliphatic carbocycles. The van der Waals surface area contributed by atoms with Crippen molar-refractivity contribution in [1.29, 1.82) is 5.26 Å². The number of nitriles is 1. The molecule has 2 rings (SSSR count). The molecule has 1 atom stereocenters. The van der Waals surface area contributed by atoms with Gasteiger partial charge in [0.15, 0.2) is 10.9 Å². The van der Waals surface area contributed by atoms with E-state index in [1.807, 2.05) is 0 Å². The van der Waals surface area contributed by atoms with Gasteiger partial charge >= 0.3 is 0 Å². The second kappa shape index (κ2) is 6.66. The summed E-state index contributed by atoms with van der Waals surface area (Å²) in [6, 6.07) is 2.65. The van der Waals surface area contributed by atoms with Crippen molar-refractivity contribution in [2.75, 3.05) is 5.73 Å². The molecule has 2 aromatic rings. The molecule has 23 heavy (non-hydrogen) atoms. The van der Waals surface area contributed by atoms with Crippen molar-refractivity contribution in [1.82, 2.24) is 9.97 Å². The van der Waals surface area contributed by atoms with Crippen molar-refractivity contribution in [3.63, 3.8) is 0 Å². The molecule has 0 amide bonds. The van der Waals surface area contributed by atoms with Crippen LogP contribution in [0.15, 0.2) is 23.5 Å². The summed E-state index contributed by atoms with van der Waals surface area (Å²) in [5, 5.41) is 7.85. The van der Waals surface area contributed by atoms with Crippen molar-refractivity contribution < 1.29 is 18.0 Å². The molecule has 0 bridgehead atoms. The second-order valence-electron chi connectivity index (χ2n) is 4.43. The third-order valence-electron chi connectivity index (χ3n) is 2.82. The van der Waals surface area contributed by atoms with Crippen LogP contribution in [0.2, 0.25) is 0 Å². The van der Waals surface area contributed by atoms with Crippen molar-refractivity contribution in [3.05, 3.63) is 46.9 Å². The lowest BCUT2D eigenvalue weighted by Crippen LogP contribution is -2.18. The summed E-state index contributed by atoms with van der Waals surface area (Å²) >= 11 is 0.813. The Morgan fingerprint density at radius 2 is 1.96 bits per heavy atom. The summed E-state index contributed by atoms with van der Waals surface area (Å²) in [4.78, 5) is 19.8. The predicted molar refractivity (Wildman–Crippen MR) is 77.1 cm³/mol. The Hall–Kier alpha value is -2.60. The fourth-order valence-electron chi connectivity index (χ4n) is 1.71. The number of hydrogen-bond acceptors (Lipinski definition) is 6. The largest absolute Gasteiger partial charge is 0.382 e. The SMILES string of the molecule is CC(Sc1ncc(C#N)c(N)n1)C(=O)c1c(F)cc(F)cc1F. The van der Waals surface area contributed by atoms with E-state index in [9.17, 15) is 18.0 Å². The van der Waals surface area contributed by atoms with Crippen molar-refractivity contribution in [2.45, 2.75) is 17.3 Å². The second-order valence-corrected chi connectivity index (χ2v) is 5.74. The maximum absolute atomic E-state index is 13.6. The molecule has 1 heterocycles. The van der Waals surface area contributed by atoms with E-state index in [1.54, 1.807) is 6.07 Å². The molecule has 1 unspecified atom stereocenters. The first-order valence-corrected chi connectivity index (χ1v) is 7.09. The van der Waals surface area contributed by atoms with E-state index >= 15 is 0 Å². The average molecular weight is 338 g/mol. The summed E-state index contributed by atoms with van der Waals surface area (Å²) in [5.74, 6) is -4.61. The summed E-state index contributed by atoms with van der Waals surface area (Å²) in [7, 11) is 0. The Bertz CT molecular complexity index is 799. The Balaban J connectivity index is 2.24. The lowest BCUT2D eigenvalue weighted by Gasteiger charge is -2.11.